The molecule has 0 spiro atoms. The molecule has 0 aliphatic carbocycles. The second-order valence-corrected chi connectivity index (χ2v) is 19.4. The molecule has 8 heteroatoms. The van der Waals surface area contributed by atoms with Crippen LogP contribution < -0.4 is 42.4 Å². The van der Waals surface area contributed by atoms with Crippen molar-refractivity contribution in [3.63, 3.8) is 0 Å². The second kappa shape index (κ2) is 11.1. The smallest absolute Gasteiger partial charge is 0.256 e. The molecule has 258 valence electrons. The van der Waals surface area contributed by atoms with Crippen LogP contribution in [0.1, 0.15) is 0 Å². The van der Waals surface area contributed by atoms with Gasteiger partial charge >= 0.3 is 0 Å². The number of para-hydroxylation sites is 2. The Kier molecular flexibility index (Phi) is 6.13. The molecule has 0 radical (unpaired) electrons. The van der Waals surface area contributed by atoms with Crippen molar-refractivity contribution in [2.45, 2.75) is 19.6 Å². The number of rotatable bonds is 1. The summed E-state index contributed by atoms with van der Waals surface area (Å²) in [6, 6.07) is 56.7. The Hall–Kier alpha value is -5.37. The van der Waals surface area contributed by atoms with Crippen molar-refractivity contribution in [3.05, 3.63) is 152 Å². The predicted molar refractivity (Wildman–Crippen MR) is 244 cm³/mol. The Bertz CT molecular complexity index is 3390. The number of fused-ring (bicyclic) bond motifs is 16. The van der Waals surface area contributed by atoms with Crippen molar-refractivity contribution in [2.75, 3.05) is 4.90 Å². The number of ether oxygens (including phenoxy) is 1. The predicted octanol–water partition coefficient (Wildman–Crippen LogP) is 10.3. The maximum absolute atomic E-state index is 6.94. The van der Waals surface area contributed by atoms with Gasteiger partial charge in [-0.25, -0.2) is 0 Å². The Morgan fingerprint density at radius 1 is 0.446 bits per heavy atom. The van der Waals surface area contributed by atoms with Gasteiger partial charge in [0.25, 0.3) is 6.71 Å². The average Bonchev–Trinajstić information content (AvgIpc) is 3.81. The molecular weight excluding hydrogens is 756 g/mol. The second-order valence-electron chi connectivity index (χ2n) is 15.1. The fraction of sp³-hybridized carbons (Fsp3) is 0. The zero-order chi connectivity index (χ0) is 36.2. The quantitative estimate of drug-likeness (QED) is 0.154. The Morgan fingerprint density at radius 2 is 1.12 bits per heavy atom. The van der Waals surface area contributed by atoms with Crippen LogP contribution in [0, 0.1) is 0 Å². The van der Waals surface area contributed by atoms with E-state index >= 15 is 0 Å². The first kappa shape index (κ1) is 30.8. The number of anilines is 3. The molecule has 6 heterocycles. The van der Waals surface area contributed by atoms with E-state index in [9.17, 15) is 0 Å². The molecule has 2 aromatic heterocycles. The van der Waals surface area contributed by atoms with Crippen LogP contribution in [0.25, 0.3) is 40.3 Å². The third-order valence-electron chi connectivity index (χ3n) is 12.2. The first-order chi connectivity index (χ1) is 27.8. The molecule has 14 rings (SSSR count). The van der Waals surface area contributed by atoms with Gasteiger partial charge in [0.1, 0.15) is 11.5 Å². The molecule has 4 aliphatic rings. The molecule has 0 bridgehead atoms. The van der Waals surface area contributed by atoms with Crippen LogP contribution in [0.15, 0.2) is 171 Å². The Labute approximate surface area is 339 Å². The highest BCUT2D eigenvalue weighted by Gasteiger charge is 2.46. The molecule has 2 nitrogen and oxygen atoms in total. The summed E-state index contributed by atoms with van der Waals surface area (Å²) < 4.78 is 12.2. The van der Waals surface area contributed by atoms with Gasteiger partial charge in [0.15, 0.2) is 0 Å². The Morgan fingerprint density at radius 3 is 1.96 bits per heavy atom. The summed E-state index contributed by atoms with van der Waals surface area (Å²) in [6.45, 7) is 0.141. The molecule has 0 atom stereocenters. The SMILES string of the molecule is c1ccc(N2c3cc4c(cc3B3c5ccccc5Oc5cc6sc7ccccc7c6c2c53)B2c3ccccc3Sc3c2c(cc2sc5ccccc5c32)S4)cc1. The molecule has 0 saturated heterocycles. The van der Waals surface area contributed by atoms with Crippen LogP contribution >= 0.6 is 46.2 Å². The lowest BCUT2D eigenvalue weighted by Crippen LogP contribution is -2.63. The number of thiophene rings is 2. The minimum Gasteiger partial charge on any atom is -0.458 e. The highest BCUT2D eigenvalue weighted by atomic mass is 32.2. The van der Waals surface area contributed by atoms with Gasteiger partial charge in [0.05, 0.1) is 5.69 Å². The van der Waals surface area contributed by atoms with Gasteiger partial charge in [0.2, 0.25) is 6.71 Å². The van der Waals surface area contributed by atoms with E-state index in [2.05, 4.69) is 157 Å². The van der Waals surface area contributed by atoms with Crippen LogP contribution in [0.2, 0.25) is 0 Å². The largest absolute Gasteiger partial charge is 0.458 e. The molecule has 56 heavy (non-hydrogen) atoms. The van der Waals surface area contributed by atoms with E-state index in [0.717, 1.165) is 17.2 Å². The van der Waals surface area contributed by atoms with Gasteiger partial charge in [-0.1, -0.05) is 132 Å². The summed E-state index contributed by atoms with van der Waals surface area (Å²) in [5, 5.41) is 5.38. The van der Waals surface area contributed by atoms with E-state index in [0.29, 0.717) is 0 Å². The molecular formula is C48H25B2NOS4. The summed E-state index contributed by atoms with van der Waals surface area (Å²) in [7, 11) is 0. The minimum atomic E-state index is 0.00986. The summed E-state index contributed by atoms with van der Waals surface area (Å²) in [6.07, 6.45) is 0. The van der Waals surface area contributed by atoms with Gasteiger partial charge in [-0.15, -0.1) is 22.7 Å². The van der Waals surface area contributed by atoms with E-state index in [1.165, 1.54) is 104 Å². The van der Waals surface area contributed by atoms with Crippen LogP contribution in [0.4, 0.5) is 17.1 Å². The van der Waals surface area contributed by atoms with Crippen LogP contribution in [-0.4, -0.2) is 13.4 Å². The third kappa shape index (κ3) is 3.97. The molecule has 8 aromatic carbocycles. The molecule has 10 aromatic rings. The fourth-order valence-electron chi connectivity index (χ4n) is 10.00. The number of hydrogen-bond donors (Lipinski definition) is 0. The lowest BCUT2D eigenvalue weighted by molar-refractivity contribution is 0.488. The van der Waals surface area contributed by atoms with Gasteiger partial charge in [-0.3, -0.25) is 0 Å². The highest BCUT2D eigenvalue weighted by molar-refractivity contribution is 8.01. The zero-order valence-electron chi connectivity index (χ0n) is 29.6. The van der Waals surface area contributed by atoms with Crippen LogP contribution in [0.3, 0.4) is 0 Å². The first-order valence-corrected chi connectivity index (χ1v) is 22.2. The third-order valence-corrected chi connectivity index (χ3v) is 16.8. The fourth-order valence-corrected chi connectivity index (χ4v) is 15.0. The topological polar surface area (TPSA) is 12.5 Å². The molecule has 0 amide bonds. The first-order valence-electron chi connectivity index (χ1n) is 19.0. The molecule has 4 aliphatic heterocycles. The van der Waals surface area contributed by atoms with E-state index in [1.54, 1.807) is 0 Å². The highest BCUT2D eigenvalue weighted by Crippen LogP contribution is 2.51. The molecule has 0 unspecified atom stereocenters. The van der Waals surface area contributed by atoms with Crippen molar-refractivity contribution < 1.29 is 4.74 Å². The lowest BCUT2D eigenvalue weighted by Gasteiger charge is -2.42. The van der Waals surface area contributed by atoms with E-state index in [1.807, 2.05) is 46.2 Å². The van der Waals surface area contributed by atoms with Crippen molar-refractivity contribution >= 4 is 150 Å². The average molecular weight is 782 g/mol. The van der Waals surface area contributed by atoms with Gasteiger partial charge in [0, 0.05) is 71.3 Å². The van der Waals surface area contributed by atoms with Crippen molar-refractivity contribution in [3.8, 4) is 11.5 Å². The number of nitrogens with zero attached hydrogens (tertiary/aromatic N) is 1. The monoisotopic (exact) mass is 781 g/mol. The summed E-state index contributed by atoms with van der Waals surface area (Å²) in [5.41, 5.74) is 11.7. The Balaban J connectivity index is 1.11. The van der Waals surface area contributed by atoms with Crippen molar-refractivity contribution in [2.24, 2.45) is 0 Å². The van der Waals surface area contributed by atoms with E-state index in [-0.39, 0.29) is 13.4 Å². The number of benzene rings is 8. The van der Waals surface area contributed by atoms with Crippen LogP contribution in [0.5, 0.6) is 11.5 Å². The summed E-state index contributed by atoms with van der Waals surface area (Å²) >= 11 is 7.72. The molecule has 0 N–H and O–H groups in total. The van der Waals surface area contributed by atoms with Gasteiger partial charge in [-0.05, 0) is 76.4 Å². The van der Waals surface area contributed by atoms with Crippen molar-refractivity contribution in [1.82, 2.24) is 0 Å². The lowest BCUT2D eigenvalue weighted by atomic mass is 9.31. The summed E-state index contributed by atoms with van der Waals surface area (Å²) in [5.74, 6) is 1.90. The molecule has 0 saturated carbocycles. The van der Waals surface area contributed by atoms with E-state index < -0.39 is 0 Å². The van der Waals surface area contributed by atoms with Crippen LogP contribution in [-0.2, 0) is 0 Å². The maximum atomic E-state index is 6.94. The zero-order valence-corrected chi connectivity index (χ0v) is 32.8. The molecule has 0 fully saturated rings. The van der Waals surface area contributed by atoms with Gasteiger partial charge < -0.3 is 9.64 Å². The number of hydrogen-bond acceptors (Lipinski definition) is 6. The normalized spacial score (nSPS) is 14.3. The minimum absolute atomic E-state index is 0.00986. The standard InChI is InChI=1S/C48H25B2NOS4/c1-2-12-26(13-3-1)51-33-23-39-32(50-30-17-7-11-21-38(30)56-48-44-28-15-5-10-20-37(28)54-41(44)25-42(55-39)46(48)50)22-31(33)49-29-16-6-8-18-34(29)52-35-24-40-43(47(51)45(35)49)27-14-4-9-19-36(27)53-40/h1-25H. The maximum Gasteiger partial charge on any atom is 0.256 e. The van der Waals surface area contributed by atoms with Crippen molar-refractivity contribution in [1.29, 1.82) is 0 Å². The van der Waals surface area contributed by atoms with E-state index in [4.69, 9.17) is 4.74 Å². The summed E-state index contributed by atoms with van der Waals surface area (Å²) in [4.78, 5) is 8.06. The van der Waals surface area contributed by atoms with Gasteiger partial charge in [-0.2, -0.15) is 0 Å².